The molecule has 1 fully saturated rings. The number of carbonyl (C=O) groups is 3. The highest BCUT2D eigenvalue weighted by atomic mass is 32.2. The van der Waals surface area contributed by atoms with Crippen molar-refractivity contribution in [3.8, 4) is 5.75 Å². The second-order valence-electron chi connectivity index (χ2n) is 5.46. The van der Waals surface area contributed by atoms with Gasteiger partial charge in [0.2, 0.25) is 5.91 Å². The molecule has 0 unspecified atom stereocenters. The maximum atomic E-state index is 13.6. The minimum atomic E-state index is -0.633. The van der Waals surface area contributed by atoms with Crippen LogP contribution in [0, 0.1) is 5.82 Å². The van der Waals surface area contributed by atoms with Crippen LogP contribution < -0.4 is 4.74 Å². The Hall–Kier alpha value is -2.81. The largest absolute Gasteiger partial charge is 0.494 e. The summed E-state index contributed by atoms with van der Waals surface area (Å²) >= 11 is 1.22. The fourth-order valence-corrected chi connectivity index (χ4v) is 3.25. The number of thioether (sulfide) groups is 1. The predicted molar refractivity (Wildman–Crippen MR) is 102 cm³/mol. The minimum Gasteiger partial charge on any atom is -0.494 e. The number of hydrogen-bond acceptors (Lipinski definition) is 7. The molecular formula is C19H20FNO6S. The highest BCUT2D eigenvalue weighted by molar-refractivity contribution is 8.04. The van der Waals surface area contributed by atoms with Crippen molar-refractivity contribution in [2.24, 2.45) is 0 Å². The zero-order chi connectivity index (χ0) is 20.5. The molecule has 28 heavy (non-hydrogen) atoms. The van der Waals surface area contributed by atoms with Gasteiger partial charge in [-0.1, -0.05) is 17.8 Å². The molecular weight excluding hydrogens is 389 g/mol. The SMILES string of the molecule is CCOC(=O)/C=C1\SCC(=O)N1CCOC(=O)/C=C/c1ccc(OC)c(F)c1. The molecule has 7 nitrogen and oxygen atoms in total. The second-order valence-corrected chi connectivity index (χ2v) is 6.46. The van der Waals surface area contributed by atoms with Gasteiger partial charge < -0.3 is 19.1 Å². The van der Waals surface area contributed by atoms with Crippen molar-refractivity contribution in [2.45, 2.75) is 6.92 Å². The summed E-state index contributed by atoms with van der Waals surface area (Å²) in [5.41, 5.74) is 0.473. The Balaban J connectivity index is 1.86. The number of nitrogens with zero attached hydrogens (tertiary/aromatic N) is 1. The van der Waals surface area contributed by atoms with Gasteiger partial charge in [-0.3, -0.25) is 4.79 Å². The third kappa shape index (κ3) is 6.12. The van der Waals surface area contributed by atoms with Crippen LogP contribution in [0.15, 0.2) is 35.4 Å². The first kappa shape index (κ1) is 21.5. The van der Waals surface area contributed by atoms with Crippen molar-refractivity contribution in [2.75, 3.05) is 32.6 Å². The third-order valence-corrected chi connectivity index (χ3v) is 4.61. The van der Waals surface area contributed by atoms with Crippen LogP contribution in [0.1, 0.15) is 12.5 Å². The number of methoxy groups -OCH3 is 1. The summed E-state index contributed by atoms with van der Waals surface area (Å²) in [7, 11) is 1.36. The van der Waals surface area contributed by atoms with Gasteiger partial charge in [-0.15, -0.1) is 0 Å². The molecule has 1 aliphatic rings. The van der Waals surface area contributed by atoms with Gasteiger partial charge in [0.25, 0.3) is 0 Å². The Morgan fingerprint density at radius 2 is 2.07 bits per heavy atom. The molecule has 0 bridgehead atoms. The van der Waals surface area contributed by atoms with E-state index in [0.717, 1.165) is 6.08 Å². The normalized spacial score (nSPS) is 15.3. The van der Waals surface area contributed by atoms with Crippen LogP contribution in [0.25, 0.3) is 6.08 Å². The monoisotopic (exact) mass is 409 g/mol. The molecule has 0 aliphatic carbocycles. The lowest BCUT2D eigenvalue weighted by Crippen LogP contribution is -2.29. The summed E-state index contributed by atoms with van der Waals surface area (Å²) in [6.45, 7) is 2.00. The van der Waals surface area contributed by atoms with Crippen molar-refractivity contribution in [3.63, 3.8) is 0 Å². The van der Waals surface area contributed by atoms with Crippen molar-refractivity contribution >= 4 is 35.7 Å². The van der Waals surface area contributed by atoms with E-state index in [4.69, 9.17) is 14.2 Å². The van der Waals surface area contributed by atoms with E-state index >= 15 is 0 Å². The molecule has 150 valence electrons. The molecule has 0 aromatic heterocycles. The molecule has 0 atom stereocenters. The van der Waals surface area contributed by atoms with Crippen LogP contribution in [0.3, 0.4) is 0 Å². The molecule has 0 N–H and O–H groups in total. The molecule has 1 heterocycles. The fraction of sp³-hybridized carbons (Fsp3) is 0.316. The Kier molecular flexibility index (Phi) is 8.06. The van der Waals surface area contributed by atoms with Crippen LogP contribution in [0.5, 0.6) is 5.75 Å². The Labute approximate surface area is 166 Å². The minimum absolute atomic E-state index is 0.0490. The Morgan fingerprint density at radius 3 is 2.75 bits per heavy atom. The van der Waals surface area contributed by atoms with E-state index in [9.17, 15) is 18.8 Å². The molecule has 0 radical (unpaired) electrons. The third-order valence-electron chi connectivity index (χ3n) is 3.59. The van der Waals surface area contributed by atoms with Crippen molar-refractivity contribution in [1.82, 2.24) is 4.90 Å². The van der Waals surface area contributed by atoms with Gasteiger partial charge >= 0.3 is 11.9 Å². The number of esters is 2. The summed E-state index contributed by atoms with van der Waals surface area (Å²) in [6.07, 6.45) is 3.82. The molecule has 0 saturated carbocycles. The van der Waals surface area contributed by atoms with Crippen LogP contribution in [0.4, 0.5) is 4.39 Å². The lowest BCUT2D eigenvalue weighted by molar-refractivity contribution is -0.140. The highest BCUT2D eigenvalue weighted by Crippen LogP contribution is 2.28. The number of amides is 1. The molecule has 2 rings (SSSR count). The number of benzene rings is 1. The van der Waals surface area contributed by atoms with Crippen molar-refractivity contribution in [1.29, 1.82) is 0 Å². The first-order valence-electron chi connectivity index (χ1n) is 8.44. The molecule has 0 spiro atoms. The summed E-state index contributed by atoms with van der Waals surface area (Å²) in [6, 6.07) is 4.28. The van der Waals surface area contributed by atoms with E-state index in [0.29, 0.717) is 10.6 Å². The molecule has 9 heteroatoms. The van der Waals surface area contributed by atoms with Crippen molar-refractivity contribution < 1.29 is 33.0 Å². The van der Waals surface area contributed by atoms with E-state index in [2.05, 4.69) is 0 Å². The van der Waals surface area contributed by atoms with E-state index in [1.807, 2.05) is 0 Å². The topological polar surface area (TPSA) is 82.1 Å². The van der Waals surface area contributed by atoms with E-state index in [1.54, 1.807) is 13.0 Å². The summed E-state index contributed by atoms with van der Waals surface area (Å²) in [5, 5.41) is 0.462. The lowest BCUT2D eigenvalue weighted by atomic mass is 10.2. The van der Waals surface area contributed by atoms with E-state index in [1.165, 1.54) is 48.1 Å². The smallest absolute Gasteiger partial charge is 0.333 e. The van der Waals surface area contributed by atoms with Gasteiger partial charge in [0.1, 0.15) is 6.61 Å². The number of ether oxygens (including phenoxy) is 3. The van der Waals surface area contributed by atoms with Crippen LogP contribution in [-0.4, -0.2) is 55.4 Å². The number of rotatable bonds is 8. The van der Waals surface area contributed by atoms with Gasteiger partial charge in [0, 0.05) is 6.08 Å². The Morgan fingerprint density at radius 1 is 1.29 bits per heavy atom. The summed E-state index contributed by atoms with van der Waals surface area (Å²) in [5.74, 6) is -1.56. The van der Waals surface area contributed by atoms with Gasteiger partial charge in [-0.05, 0) is 30.7 Å². The van der Waals surface area contributed by atoms with Gasteiger partial charge in [0.05, 0.1) is 37.1 Å². The van der Waals surface area contributed by atoms with E-state index < -0.39 is 17.8 Å². The van der Waals surface area contributed by atoms with Gasteiger partial charge in [0.15, 0.2) is 11.6 Å². The molecule has 1 aliphatic heterocycles. The Bertz CT molecular complexity index is 808. The molecule has 1 saturated heterocycles. The maximum absolute atomic E-state index is 13.6. The first-order valence-corrected chi connectivity index (χ1v) is 9.43. The van der Waals surface area contributed by atoms with Crippen molar-refractivity contribution in [3.05, 3.63) is 46.8 Å². The van der Waals surface area contributed by atoms with Crippen LogP contribution in [0.2, 0.25) is 0 Å². The zero-order valence-electron chi connectivity index (χ0n) is 15.5. The van der Waals surface area contributed by atoms with E-state index in [-0.39, 0.29) is 37.2 Å². The summed E-state index contributed by atoms with van der Waals surface area (Å²) in [4.78, 5) is 36.6. The summed E-state index contributed by atoms with van der Waals surface area (Å²) < 4.78 is 28.3. The van der Waals surface area contributed by atoms with Gasteiger partial charge in [-0.25, -0.2) is 14.0 Å². The highest BCUT2D eigenvalue weighted by Gasteiger charge is 2.27. The standard InChI is InChI=1S/C19H20FNO6S/c1-3-26-19(24)11-17-21(16(22)12-28-17)8-9-27-18(23)7-5-13-4-6-15(25-2)14(20)10-13/h4-7,10-11H,3,8-9,12H2,1-2H3/b7-5+,17-11-. The first-order chi connectivity index (χ1) is 13.4. The molecule has 1 amide bonds. The van der Waals surface area contributed by atoms with Crippen LogP contribution in [-0.2, 0) is 23.9 Å². The predicted octanol–water partition coefficient (Wildman–Crippen LogP) is 2.37. The second kappa shape index (κ2) is 10.5. The molecule has 1 aromatic rings. The zero-order valence-corrected chi connectivity index (χ0v) is 16.3. The molecule has 1 aromatic carbocycles. The quantitative estimate of drug-likeness (QED) is 0.482. The lowest BCUT2D eigenvalue weighted by Gasteiger charge is -2.16. The number of hydrogen-bond donors (Lipinski definition) is 0. The number of carbonyl (C=O) groups excluding carboxylic acids is 3. The average Bonchev–Trinajstić information content (AvgIpc) is 3.00. The fourth-order valence-electron chi connectivity index (χ4n) is 2.29. The van der Waals surface area contributed by atoms with Crippen LogP contribution >= 0.6 is 11.8 Å². The number of halogens is 1. The maximum Gasteiger partial charge on any atom is 0.333 e. The average molecular weight is 409 g/mol. The van der Waals surface area contributed by atoms with Gasteiger partial charge in [-0.2, -0.15) is 0 Å².